The molecule has 0 spiro atoms. The molecule has 4 heterocycles. The first-order valence-corrected chi connectivity index (χ1v) is 36.2. The molecular formula is C97H114N4+4. The van der Waals surface area contributed by atoms with Crippen molar-refractivity contribution < 1.29 is 18.3 Å². The first-order chi connectivity index (χ1) is 47.6. The minimum absolute atomic E-state index is 0.275. The molecule has 0 fully saturated rings. The fourth-order valence-electron chi connectivity index (χ4n) is 13.9. The van der Waals surface area contributed by atoms with Crippen molar-refractivity contribution in [3.63, 3.8) is 0 Å². The Balaban J connectivity index is 0.000000157. The lowest BCUT2D eigenvalue weighted by Gasteiger charge is -2.20. The molecule has 4 nitrogen and oxygen atoms in total. The molecule has 0 bridgehead atoms. The largest absolute Gasteiger partial charge is 0.212 e. The van der Waals surface area contributed by atoms with Crippen molar-refractivity contribution in [3.05, 3.63) is 307 Å². The van der Waals surface area contributed by atoms with E-state index >= 15 is 0 Å². The highest BCUT2D eigenvalue weighted by atomic mass is 14.9. The number of aryl methyl sites for hydroxylation is 19. The maximum absolute atomic E-state index is 2.40. The van der Waals surface area contributed by atoms with Crippen molar-refractivity contribution in [3.8, 4) is 89.5 Å². The topological polar surface area (TPSA) is 15.5 Å². The van der Waals surface area contributed by atoms with Crippen LogP contribution in [-0.2, 0) is 41.0 Å². The number of hydrogen-bond acceptors (Lipinski definition) is 0. The van der Waals surface area contributed by atoms with Crippen LogP contribution in [0, 0.1) is 115 Å². The van der Waals surface area contributed by atoms with Crippen LogP contribution in [0.5, 0.6) is 0 Å². The van der Waals surface area contributed by atoms with E-state index in [1.54, 1.807) is 0 Å². The summed E-state index contributed by atoms with van der Waals surface area (Å²) in [5, 5.41) is 0. The SMILES string of the molecule is Cc1ccc(-c2cc(-c3cc(C)cc[n+]3C)c(C)cc2C)cc1.Cc1ccc(-c2cc(-c3cc(CC(C)(C)C)c(C)c[n+]3C)c(C)cc2C)cc1.Cc1ccc(-c2cc(-c3cc(CC(C)(C)C)cc[n+]3C)c(C)cc2C)cc1.Cc1ccc(-c2ccc(C)c(-c3cc(C)c(C)c[n+]3C)c2)cc1. The molecule has 0 aliphatic carbocycles. The number of aromatic nitrogens is 4. The van der Waals surface area contributed by atoms with Crippen LogP contribution in [0.15, 0.2) is 213 Å². The third-order valence-electron chi connectivity index (χ3n) is 19.8. The summed E-state index contributed by atoms with van der Waals surface area (Å²) in [5.74, 6) is 0. The minimum atomic E-state index is 0.275. The van der Waals surface area contributed by atoms with Crippen molar-refractivity contribution >= 4 is 0 Å². The molecule has 0 unspecified atom stereocenters. The zero-order valence-corrected chi connectivity index (χ0v) is 65.9. The van der Waals surface area contributed by atoms with Gasteiger partial charge < -0.3 is 0 Å². The van der Waals surface area contributed by atoms with Gasteiger partial charge in [0.1, 0.15) is 28.2 Å². The molecule has 12 rings (SSSR count). The highest BCUT2D eigenvalue weighted by molar-refractivity contribution is 5.79. The molecule has 4 aromatic heterocycles. The van der Waals surface area contributed by atoms with E-state index in [1.807, 2.05) is 0 Å². The lowest BCUT2D eigenvalue weighted by molar-refractivity contribution is -0.660. The molecular weight excluding hydrogens is 1220 g/mol. The second-order valence-corrected chi connectivity index (χ2v) is 31.8. The molecule has 12 aromatic rings. The van der Waals surface area contributed by atoms with E-state index < -0.39 is 0 Å². The van der Waals surface area contributed by atoms with Gasteiger partial charge >= 0.3 is 0 Å². The first kappa shape index (κ1) is 75.6. The molecule has 0 saturated carbocycles. The quantitative estimate of drug-likeness (QED) is 0.121. The van der Waals surface area contributed by atoms with Crippen LogP contribution in [0.1, 0.15) is 136 Å². The van der Waals surface area contributed by atoms with E-state index in [1.165, 1.54) is 184 Å². The predicted molar refractivity (Wildman–Crippen MR) is 431 cm³/mol. The molecule has 8 aromatic carbocycles. The Hall–Kier alpha value is -9.64. The van der Waals surface area contributed by atoms with E-state index in [0.29, 0.717) is 0 Å². The minimum Gasteiger partial charge on any atom is -0.201 e. The summed E-state index contributed by atoms with van der Waals surface area (Å²) >= 11 is 0. The number of pyridine rings is 4. The van der Waals surface area contributed by atoms with Crippen LogP contribution in [-0.4, -0.2) is 0 Å². The highest BCUT2D eigenvalue weighted by Crippen LogP contribution is 2.37. The molecule has 0 aliphatic rings. The van der Waals surface area contributed by atoms with Crippen molar-refractivity contribution in [2.24, 2.45) is 39.0 Å². The molecule has 0 N–H and O–H groups in total. The fourth-order valence-corrected chi connectivity index (χ4v) is 13.9. The summed E-state index contributed by atoms with van der Waals surface area (Å²) in [6, 6.07) is 69.7. The van der Waals surface area contributed by atoms with Crippen LogP contribution >= 0.6 is 0 Å². The summed E-state index contributed by atoms with van der Waals surface area (Å²) in [6.07, 6.45) is 11.0. The van der Waals surface area contributed by atoms with Gasteiger partial charge in [-0.25, -0.2) is 18.3 Å². The molecule has 0 aliphatic heterocycles. The Labute approximate surface area is 608 Å². The van der Waals surface area contributed by atoms with E-state index in [0.717, 1.165) is 12.8 Å². The van der Waals surface area contributed by atoms with Gasteiger partial charge in [-0.15, -0.1) is 0 Å². The zero-order chi connectivity index (χ0) is 73.5. The standard InChI is InChI=1S/C27H34N.C26H32N.2C22H24N/c1-18-9-11-22(12-10-18)24-15-25(20(3)13-19(24)2)26-14-23(16-27(5,6)7)21(4)17-28(26)8;1-18-8-10-22(11-9-18)23-16-24(20(3)14-19(23)2)25-15-21(12-13-27(25)7)17-26(4,5)6;1-15-6-9-19(10-7-15)20-11-8-16(2)21(13-20)22-12-17(3)18(4)14-23(22)5;1-15-6-8-19(9-7-15)20-14-21(18(4)13-17(20)3)22-12-16(2)10-11-23(22)5/h9-15,17H,16H2,1-8H3;8-16H,17H2,1-7H3;2*6-14H,1-5H3/q4*+1. The average molecular weight is 1340 g/mol. The first-order valence-electron chi connectivity index (χ1n) is 36.2. The normalized spacial score (nSPS) is 11.3. The van der Waals surface area contributed by atoms with Crippen LogP contribution in [0.4, 0.5) is 0 Å². The van der Waals surface area contributed by atoms with Gasteiger partial charge in [0.25, 0.3) is 0 Å². The summed E-state index contributed by atoms with van der Waals surface area (Å²) in [6.45, 7) is 46.5. The number of hydrogen-bond donors (Lipinski definition) is 0. The van der Waals surface area contributed by atoms with E-state index in [9.17, 15) is 0 Å². The van der Waals surface area contributed by atoms with E-state index in [-0.39, 0.29) is 10.8 Å². The maximum atomic E-state index is 2.40. The van der Waals surface area contributed by atoms with Crippen molar-refractivity contribution in [1.82, 2.24) is 0 Å². The maximum Gasteiger partial charge on any atom is 0.212 e. The number of rotatable bonds is 10. The molecule has 518 valence electrons. The lowest BCUT2D eigenvalue weighted by Crippen LogP contribution is -2.32. The average Bonchev–Trinajstić information content (AvgIpc) is 0.794. The highest BCUT2D eigenvalue weighted by Gasteiger charge is 2.24. The van der Waals surface area contributed by atoms with Gasteiger partial charge in [0, 0.05) is 69.8 Å². The van der Waals surface area contributed by atoms with E-state index in [4.69, 9.17) is 0 Å². The summed E-state index contributed by atoms with van der Waals surface area (Å²) in [7, 11) is 8.54. The van der Waals surface area contributed by atoms with Gasteiger partial charge in [-0.3, -0.25) is 0 Å². The van der Waals surface area contributed by atoms with Gasteiger partial charge in [-0.2, -0.15) is 0 Å². The van der Waals surface area contributed by atoms with E-state index in [2.05, 4.69) is 405 Å². The Kier molecular flexibility index (Phi) is 23.9. The molecule has 0 atom stereocenters. The Morgan fingerprint density at radius 2 is 0.564 bits per heavy atom. The monoisotopic (exact) mass is 1330 g/mol. The molecule has 0 radical (unpaired) electrons. The van der Waals surface area contributed by atoms with Crippen molar-refractivity contribution in [2.75, 3.05) is 0 Å². The third-order valence-corrected chi connectivity index (χ3v) is 19.8. The van der Waals surface area contributed by atoms with Gasteiger partial charge in [-0.05, 0) is 257 Å². The smallest absolute Gasteiger partial charge is 0.201 e. The summed E-state index contributed by atoms with van der Waals surface area (Å²) in [5.41, 5.74) is 43.8. The van der Waals surface area contributed by atoms with Gasteiger partial charge in [-0.1, -0.05) is 191 Å². The number of nitrogens with zero attached hydrogens (tertiary/aromatic N) is 4. The third kappa shape index (κ3) is 19.3. The van der Waals surface area contributed by atoms with Crippen molar-refractivity contribution in [2.45, 2.75) is 158 Å². The van der Waals surface area contributed by atoms with Crippen LogP contribution in [0.3, 0.4) is 0 Å². The van der Waals surface area contributed by atoms with Crippen LogP contribution < -0.4 is 18.3 Å². The molecule has 101 heavy (non-hydrogen) atoms. The second-order valence-electron chi connectivity index (χ2n) is 31.8. The molecule has 4 heteroatoms. The Bertz CT molecular complexity index is 4930. The second kappa shape index (κ2) is 31.9. The Morgan fingerprint density at radius 1 is 0.228 bits per heavy atom. The lowest BCUT2D eigenvalue weighted by atomic mass is 9.86. The Morgan fingerprint density at radius 3 is 0.980 bits per heavy atom. The van der Waals surface area contributed by atoms with Gasteiger partial charge in [0.05, 0.1) is 0 Å². The van der Waals surface area contributed by atoms with Gasteiger partial charge in [0.15, 0.2) is 24.8 Å². The fraction of sp³-hybridized carbons (Fsp3) is 0.299. The molecule has 0 saturated heterocycles. The van der Waals surface area contributed by atoms with Crippen LogP contribution in [0.25, 0.3) is 89.5 Å². The number of benzene rings is 8. The zero-order valence-electron chi connectivity index (χ0n) is 65.9. The summed E-state index contributed by atoms with van der Waals surface area (Å²) < 4.78 is 8.94. The molecule has 0 amide bonds. The van der Waals surface area contributed by atoms with Crippen molar-refractivity contribution in [1.29, 1.82) is 0 Å². The van der Waals surface area contributed by atoms with Crippen LogP contribution in [0.2, 0.25) is 0 Å². The van der Waals surface area contributed by atoms with Gasteiger partial charge in [0.2, 0.25) is 22.8 Å². The predicted octanol–water partition coefficient (Wildman–Crippen LogP) is 23.2. The summed E-state index contributed by atoms with van der Waals surface area (Å²) in [4.78, 5) is 0.